The third kappa shape index (κ3) is 13.6. The van der Waals surface area contributed by atoms with Crippen molar-refractivity contribution in [1.82, 2.24) is 0 Å². The monoisotopic (exact) mass is 882 g/mol. The Bertz CT molecular complexity index is 2070. The largest absolute Gasteiger partial charge is 0.426 e. The highest BCUT2D eigenvalue weighted by molar-refractivity contribution is 6.01. The Morgan fingerprint density at radius 3 is 1.22 bits per heavy atom. The van der Waals surface area contributed by atoms with Crippen molar-refractivity contribution in [2.45, 2.75) is 116 Å². The van der Waals surface area contributed by atoms with Crippen LogP contribution in [0.2, 0.25) is 0 Å². The second-order valence-electron chi connectivity index (χ2n) is 18.3. The van der Waals surface area contributed by atoms with Crippen LogP contribution in [0.4, 0.5) is 11.4 Å². The summed E-state index contributed by atoms with van der Waals surface area (Å²) < 4.78 is 11.4. The van der Waals surface area contributed by atoms with Crippen molar-refractivity contribution in [2.24, 2.45) is 29.1 Å². The maximum absolute atomic E-state index is 14.1. The second kappa shape index (κ2) is 23.4. The van der Waals surface area contributed by atoms with Gasteiger partial charge in [0.05, 0.1) is 11.8 Å². The molecule has 6 rings (SSSR count). The van der Waals surface area contributed by atoms with E-state index in [-0.39, 0.29) is 36.6 Å². The van der Waals surface area contributed by atoms with Crippen LogP contribution >= 0.6 is 0 Å². The molecule has 0 bridgehead atoms. The van der Waals surface area contributed by atoms with Crippen LogP contribution in [-0.2, 0) is 32.0 Å². The summed E-state index contributed by atoms with van der Waals surface area (Å²) in [5, 5.41) is 24.4. The van der Waals surface area contributed by atoms with E-state index < -0.39 is 29.2 Å². The molecule has 10 nitrogen and oxygen atoms in total. The molecule has 0 aromatic heterocycles. The topological polar surface area (TPSA) is 179 Å². The molecule has 0 saturated heterocycles. The molecule has 2 aliphatic carbocycles. The molecule has 6 N–H and O–H groups in total. The Hall–Kier alpha value is -5.84. The number of nitrogen functional groups attached to an aromatic ring is 2. The van der Waals surface area contributed by atoms with E-state index >= 15 is 0 Å². The van der Waals surface area contributed by atoms with Gasteiger partial charge in [0.1, 0.15) is 23.7 Å². The number of aliphatic hydroxyl groups is 2. The van der Waals surface area contributed by atoms with Crippen LogP contribution in [0.15, 0.2) is 109 Å². The summed E-state index contributed by atoms with van der Waals surface area (Å²) in [5.74, 6) is 0.0379. The fraction of sp³-hybridized carbons (Fsp3) is 0.418. The van der Waals surface area contributed by atoms with Crippen LogP contribution in [0.25, 0.3) is 12.2 Å². The molecule has 2 aliphatic rings. The molecule has 0 aliphatic heterocycles. The van der Waals surface area contributed by atoms with Gasteiger partial charge in [0.15, 0.2) is 11.6 Å². The Labute approximate surface area is 384 Å². The number of nitrogens with two attached hydrogens (primary N) is 2. The lowest BCUT2D eigenvalue weighted by atomic mass is 9.66. The first-order valence-corrected chi connectivity index (χ1v) is 23.5. The Kier molecular flexibility index (Phi) is 17.5. The Morgan fingerprint density at radius 2 is 0.892 bits per heavy atom. The van der Waals surface area contributed by atoms with E-state index in [2.05, 4.69) is 13.8 Å². The van der Waals surface area contributed by atoms with E-state index in [9.17, 15) is 29.4 Å². The van der Waals surface area contributed by atoms with E-state index in [0.717, 1.165) is 64.2 Å². The molecule has 0 radical (unpaired) electrons. The molecule has 0 heterocycles. The van der Waals surface area contributed by atoms with Gasteiger partial charge in [-0.15, -0.1) is 0 Å². The summed E-state index contributed by atoms with van der Waals surface area (Å²) in [5.41, 5.74) is 13.8. The Balaban J connectivity index is 1.19. The number of ether oxygens (including phenoxy) is 2. The maximum atomic E-state index is 14.1. The van der Waals surface area contributed by atoms with Gasteiger partial charge in [-0.2, -0.15) is 0 Å². The zero-order valence-electron chi connectivity index (χ0n) is 37.9. The van der Waals surface area contributed by atoms with Gasteiger partial charge in [0.25, 0.3) is 0 Å². The minimum atomic E-state index is -1.86. The van der Waals surface area contributed by atoms with Crippen molar-refractivity contribution in [1.29, 1.82) is 0 Å². The number of benzene rings is 4. The van der Waals surface area contributed by atoms with Gasteiger partial charge in [0.2, 0.25) is 0 Å². The van der Waals surface area contributed by atoms with Crippen molar-refractivity contribution in [3.63, 3.8) is 0 Å². The molecule has 2 unspecified atom stereocenters. The highest BCUT2D eigenvalue weighted by Gasteiger charge is 2.49. The number of carbonyl (C=O) groups is 4. The van der Waals surface area contributed by atoms with Crippen LogP contribution in [0.3, 0.4) is 0 Å². The van der Waals surface area contributed by atoms with Crippen LogP contribution < -0.4 is 20.9 Å². The molecular weight excluding hydrogens is 817 g/mol. The van der Waals surface area contributed by atoms with Crippen LogP contribution in [0, 0.1) is 29.1 Å². The highest BCUT2D eigenvalue weighted by atomic mass is 16.5. The van der Waals surface area contributed by atoms with E-state index in [1.807, 2.05) is 0 Å². The minimum absolute atomic E-state index is 0.0697. The predicted molar refractivity (Wildman–Crippen MR) is 257 cm³/mol. The predicted octanol–water partition coefficient (Wildman–Crippen LogP) is 9.93. The second-order valence-corrected chi connectivity index (χ2v) is 18.3. The third-order valence-corrected chi connectivity index (χ3v) is 13.5. The summed E-state index contributed by atoms with van der Waals surface area (Å²) in [7, 11) is 0. The molecule has 0 spiro atoms. The highest BCUT2D eigenvalue weighted by Crippen LogP contribution is 2.39. The molecule has 2 fully saturated rings. The van der Waals surface area contributed by atoms with Gasteiger partial charge < -0.3 is 31.2 Å². The molecule has 2 atom stereocenters. The standard InChI is InChI=1S/C55H66N2O8/c1-3-5-37-7-21-43(22-8-37)53(62)64-47-29-15-39(16-30-47)19-33-49(58)51(60)55(35-41-11-25-45(56)26-12-41,36-42-13-27-46(57)28-14-42)52(61)50(59)34-20-40-17-31-48(32-18-40)65-54(63)44-23-9-38(6-4-2)10-24-44/h11-20,25-34,37-38,43-44,51-52,60-61H,3-10,21-24,35-36,56-57H2,1-2H3/b33-19+,34-20+. The number of carbonyl (C=O) groups excluding carboxylic acids is 4. The lowest BCUT2D eigenvalue weighted by molar-refractivity contribution is -0.146. The van der Waals surface area contributed by atoms with Gasteiger partial charge in [-0.1, -0.05) is 100 Å². The van der Waals surface area contributed by atoms with Crippen molar-refractivity contribution in [3.8, 4) is 11.5 Å². The van der Waals surface area contributed by atoms with Crippen molar-refractivity contribution in [2.75, 3.05) is 11.5 Å². The fourth-order valence-electron chi connectivity index (χ4n) is 9.62. The summed E-state index contributed by atoms with van der Waals surface area (Å²) in [6.07, 6.45) is 13.9. The molecule has 65 heavy (non-hydrogen) atoms. The number of hydrogen-bond acceptors (Lipinski definition) is 10. The van der Waals surface area contributed by atoms with Crippen molar-refractivity contribution >= 4 is 47.0 Å². The van der Waals surface area contributed by atoms with Crippen LogP contribution in [-0.4, -0.2) is 45.9 Å². The van der Waals surface area contributed by atoms with Gasteiger partial charge >= 0.3 is 11.9 Å². The van der Waals surface area contributed by atoms with E-state index in [4.69, 9.17) is 20.9 Å². The average molecular weight is 883 g/mol. The molecule has 0 amide bonds. The molecule has 10 heteroatoms. The zero-order chi connectivity index (χ0) is 46.3. The van der Waals surface area contributed by atoms with E-state index in [1.54, 1.807) is 97.1 Å². The van der Waals surface area contributed by atoms with E-state index in [0.29, 0.717) is 57.0 Å². The van der Waals surface area contributed by atoms with Gasteiger partial charge in [-0.05, 0) is 159 Å². The van der Waals surface area contributed by atoms with Crippen LogP contribution in [0.1, 0.15) is 113 Å². The molecule has 4 aromatic rings. The first-order chi connectivity index (χ1) is 31.3. The smallest absolute Gasteiger partial charge is 0.314 e. The zero-order valence-corrected chi connectivity index (χ0v) is 37.9. The minimum Gasteiger partial charge on any atom is -0.426 e. The maximum Gasteiger partial charge on any atom is 0.314 e. The number of anilines is 2. The molecule has 4 aromatic carbocycles. The average Bonchev–Trinajstić information content (AvgIpc) is 3.32. The van der Waals surface area contributed by atoms with Gasteiger partial charge in [-0.25, -0.2) is 0 Å². The SMILES string of the molecule is CCCC1CCC(C(=O)Oc2ccc(/C=C/C(=O)C(O)C(Cc3ccc(N)cc3)(Cc3ccc(N)cc3)C(O)C(=O)/C=C/c3ccc(OC(=O)C4CCC(CCC)CC4)cc3)cc2)CC1. The first kappa shape index (κ1) is 48.6. The fourth-order valence-corrected chi connectivity index (χ4v) is 9.62. The summed E-state index contributed by atoms with van der Waals surface area (Å²) in [4.78, 5) is 54.2. The molecular formula is C55H66N2O8. The Morgan fingerprint density at radius 1 is 0.554 bits per heavy atom. The summed E-state index contributed by atoms with van der Waals surface area (Å²) in [6.45, 7) is 4.38. The summed E-state index contributed by atoms with van der Waals surface area (Å²) >= 11 is 0. The lowest BCUT2D eigenvalue weighted by Crippen LogP contribution is -2.54. The number of ketones is 2. The van der Waals surface area contributed by atoms with Gasteiger partial charge in [-0.3, -0.25) is 19.2 Å². The number of rotatable bonds is 20. The lowest BCUT2D eigenvalue weighted by Gasteiger charge is -2.40. The van der Waals surface area contributed by atoms with Gasteiger partial charge in [0, 0.05) is 16.8 Å². The van der Waals surface area contributed by atoms with E-state index in [1.165, 1.54) is 37.1 Å². The summed E-state index contributed by atoms with van der Waals surface area (Å²) in [6, 6.07) is 27.2. The molecule has 2 saturated carbocycles. The number of esters is 2. The van der Waals surface area contributed by atoms with Crippen molar-refractivity contribution < 1.29 is 38.9 Å². The quantitative estimate of drug-likeness (QED) is 0.0289. The van der Waals surface area contributed by atoms with Crippen LogP contribution in [0.5, 0.6) is 11.5 Å². The normalized spacial score (nSPS) is 20.0. The third-order valence-electron chi connectivity index (χ3n) is 13.5. The first-order valence-electron chi connectivity index (χ1n) is 23.5. The number of hydrogen-bond donors (Lipinski definition) is 4. The molecule has 344 valence electrons. The van der Waals surface area contributed by atoms with Crippen molar-refractivity contribution in [3.05, 3.63) is 131 Å². The number of aliphatic hydroxyl groups excluding tert-OH is 2.